The van der Waals surface area contributed by atoms with Crippen LogP contribution in [0.5, 0.6) is 5.75 Å². The van der Waals surface area contributed by atoms with Crippen molar-refractivity contribution in [2.45, 2.75) is 32.5 Å². The van der Waals surface area contributed by atoms with Gasteiger partial charge in [0.15, 0.2) is 5.82 Å². The standard InChI is InChI=1S/C28H31F2N7O4S/c1-3-41-23-12-17(19-5-4-6-20(24(19)30)22(29)7-8-34-42(38)39)11-21-25(23)35-26(18-13-32-28(31)33-14-18)36-27(21)37-9-10-40-15-16(37)2/h4-6,11-14,16,22,42H,3,7-10,15H2,1-2H3,(H2,31,32,33)(H,34,38,39). The SMILES string of the molecule is CCOc1cc(-c2cccc(C(F)CCN[SH](=O)=O)c2F)cc2c(N3CCOCC3C)nc(-c3cnc(N)nc3)nc12. The summed E-state index contributed by atoms with van der Waals surface area (Å²) in [5.41, 5.74) is 7.21. The average molecular weight is 600 g/mol. The first kappa shape index (κ1) is 29.5. The molecule has 5 rings (SSSR count). The van der Waals surface area contributed by atoms with E-state index in [2.05, 4.69) is 19.6 Å². The van der Waals surface area contributed by atoms with E-state index in [-0.39, 0.29) is 36.1 Å². The Balaban J connectivity index is 1.68. The summed E-state index contributed by atoms with van der Waals surface area (Å²) in [6.07, 6.45) is 1.17. The maximum absolute atomic E-state index is 15.8. The van der Waals surface area contributed by atoms with E-state index in [0.717, 1.165) is 0 Å². The van der Waals surface area contributed by atoms with Gasteiger partial charge in [0.1, 0.15) is 29.1 Å². The number of nitrogens with one attached hydrogen (secondary N) is 1. The van der Waals surface area contributed by atoms with Gasteiger partial charge in [-0.25, -0.2) is 41.9 Å². The lowest BCUT2D eigenvalue weighted by molar-refractivity contribution is 0.0987. The van der Waals surface area contributed by atoms with Gasteiger partial charge in [0.25, 0.3) is 0 Å². The fraction of sp³-hybridized carbons (Fsp3) is 0.357. The van der Waals surface area contributed by atoms with E-state index < -0.39 is 22.9 Å². The normalized spacial score (nSPS) is 16.2. The Kier molecular flexibility index (Phi) is 9.04. The van der Waals surface area contributed by atoms with Crippen LogP contribution in [0.25, 0.3) is 33.4 Å². The van der Waals surface area contributed by atoms with Gasteiger partial charge in [-0.15, -0.1) is 0 Å². The molecule has 0 spiro atoms. The minimum atomic E-state index is -2.87. The van der Waals surface area contributed by atoms with Crippen molar-refractivity contribution < 1.29 is 26.7 Å². The summed E-state index contributed by atoms with van der Waals surface area (Å²) in [6, 6.07) is 7.92. The summed E-state index contributed by atoms with van der Waals surface area (Å²) in [4.78, 5) is 20.0. The number of morpholine rings is 1. The van der Waals surface area contributed by atoms with Crippen molar-refractivity contribution >= 4 is 33.6 Å². The summed E-state index contributed by atoms with van der Waals surface area (Å²) in [5.74, 6) is 0.751. The predicted octanol–water partition coefficient (Wildman–Crippen LogP) is 3.62. The summed E-state index contributed by atoms with van der Waals surface area (Å²) in [7, 11) is -2.87. The molecule has 3 N–H and O–H groups in total. The fourth-order valence-electron chi connectivity index (χ4n) is 4.90. The van der Waals surface area contributed by atoms with Gasteiger partial charge < -0.3 is 20.1 Å². The first-order chi connectivity index (χ1) is 20.3. The molecule has 222 valence electrons. The summed E-state index contributed by atoms with van der Waals surface area (Å²) >= 11 is 0. The minimum Gasteiger partial charge on any atom is -0.492 e. The number of thiol groups is 1. The lowest BCUT2D eigenvalue weighted by Crippen LogP contribution is -2.44. The Labute approximate surface area is 243 Å². The molecule has 1 saturated heterocycles. The third-order valence-electron chi connectivity index (χ3n) is 6.93. The van der Waals surface area contributed by atoms with Crippen LogP contribution in [0.3, 0.4) is 0 Å². The number of hydrogen-bond acceptors (Lipinski definition) is 10. The van der Waals surface area contributed by atoms with Gasteiger partial charge in [-0.3, -0.25) is 0 Å². The zero-order chi connectivity index (χ0) is 29.8. The van der Waals surface area contributed by atoms with Crippen LogP contribution < -0.4 is 20.1 Å². The molecule has 42 heavy (non-hydrogen) atoms. The molecule has 0 radical (unpaired) electrons. The number of ether oxygens (including phenoxy) is 2. The molecule has 0 saturated carbocycles. The number of fused-ring (bicyclic) bond motifs is 1. The fourth-order valence-corrected chi connectivity index (χ4v) is 5.21. The molecular weight excluding hydrogens is 568 g/mol. The number of benzene rings is 2. The topological polar surface area (TPSA) is 145 Å². The van der Waals surface area contributed by atoms with Crippen LogP contribution >= 0.6 is 0 Å². The highest BCUT2D eigenvalue weighted by Gasteiger charge is 2.26. The predicted molar refractivity (Wildman–Crippen MR) is 156 cm³/mol. The number of rotatable bonds is 10. The molecular formula is C28H31F2N7O4S. The van der Waals surface area contributed by atoms with E-state index >= 15 is 8.78 Å². The quantitative estimate of drug-likeness (QED) is 0.231. The van der Waals surface area contributed by atoms with Gasteiger partial charge in [-0.1, -0.05) is 18.2 Å². The summed E-state index contributed by atoms with van der Waals surface area (Å²) in [6.45, 7) is 5.58. The maximum atomic E-state index is 15.8. The van der Waals surface area contributed by atoms with Crippen molar-refractivity contribution in [3.05, 3.63) is 54.1 Å². The number of aromatic nitrogens is 4. The van der Waals surface area contributed by atoms with Crippen molar-refractivity contribution in [2.75, 3.05) is 43.5 Å². The Morgan fingerprint density at radius 2 is 2.00 bits per heavy atom. The van der Waals surface area contributed by atoms with Gasteiger partial charge in [-0.2, -0.15) is 0 Å². The van der Waals surface area contributed by atoms with Crippen molar-refractivity contribution in [1.29, 1.82) is 0 Å². The molecule has 0 bridgehead atoms. The molecule has 2 atom stereocenters. The second-order valence-electron chi connectivity index (χ2n) is 9.75. The van der Waals surface area contributed by atoms with E-state index in [9.17, 15) is 8.42 Å². The highest BCUT2D eigenvalue weighted by molar-refractivity contribution is 7.70. The van der Waals surface area contributed by atoms with Crippen molar-refractivity contribution in [1.82, 2.24) is 24.7 Å². The molecule has 2 aromatic carbocycles. The van der Waals surface area contributed by atoms with Gasteiger partial charge >= 0.3 is 0 Å². The summed E-state index contributed by atoms with van der Waals surface area (Å²) in [5, 5.41) is 0.620. The molecule has 0 amide bonds. The molecule has 4 aromatic rings. The monoisotopic (exact) mass is 599 g/mol. The van der Waals surface area contributed by atoms with Crippen LogP contribution in [0.4, 0.5) is 20.5 Å². The van der Waals surface area contributed by atoms with Crippen LogP contribution in [-0.4, -0.2) is 67.3 Å². The Morgan fingerprint density at radius 3 is 2.71 bits per heavy atom. The lowest BCUT2D eigenvalue weighted by atomic mass is 9.97. The highest BCUT2D eigenvalue weighted by atomic mass is 32.2. The second kappa shape index (κ2) is 12.9. The van der Waals surface area contributed by atoms with Crippen LogP contribution in [0.15, 0.2) is 42.7 Å². The molecule has 1 aliphatic heterocycles. The Morgan fingerprint density at radius 1 is 1.21 bits per heavy atom. The third kappa shape index (κ3) is 6.25. The van der Waals surface area contributed by atoms with E-state index in [4.69, 9.17) is 25.2 Å². The number of alkyl halides is 1. The molecule has 2 unspecified atom stereocenters. The number of hydrogen-bond donors (Lipinski definition) is 3. The molecule has 11 nitrogen and oxygen atoms in total. The number of nitrogen functional groups attached to an aromatic ring is 1. The molecule has 2 aromatic heterocycles. The number of nitrogens with zero attached hydrogens (tertiary/aromatic N) is 5. The van der Waals surface area contributed by atoms with E-state index in [1.165, 1.54) is 6.07 Å². The average Bonchev–Trinajstić information content (AvgIpc) is 2.97. The first-order valence-corrected chi connectivity index (χ1v) is 14.7. The zero-order valence-electron chi connectivity index (χ0n) is 23.1. The van der Waals surface area contributed by atoms with Gasteiger partial charge in [0.05, 0.1) is 31.4 Å². The molecule has 0 aliphatic carbocycles. The number of nitrogens with two attached hydrogens (primary N) is 1. The van der Waals surface area contributed by atoms with E-state index in [1.807, 2.05) is 13.8 Å². The van der Waals surface area contributed by atoms with Gasteiger partial charge in [0.2, 0.25) is 16.8 Å². The van der Waals surface area contributed by atoms with E-state index in [0.29, 0.717) is 65.8 Å². The second-order valence-corrected chi connectivity index (χ2v) is 10.6. The number of halogens is 2. The molecule has 3 heterocycles. The Bertz CT molecular complexity index is 1650. The van der Waals surface area contributed by atoms with Crippen molar-refractivity contribution in [2.24, 2.45) is 0 Å². The molecule has 1 fully saturated rings. The van der Waals surface area contributed by atoms with Gasteiger partial charge in [-0.05, 0) is 38.0 Å². The van der Waals surface area contributed by atoms with Crippen molar-refractivity contribution in [3.63, 3.8) is 0 Å². The van der Waals surface area contributed by atoms with Crippen LogP contribution in [0.1, 0.15) is 32.0 Å². The maximum Gasteiger partial charge on any atom is 0.219 e. The largest absolute Gasteiger partial charge is 0.492 e. The molecule has 1 aliphatic rings. The van der Waals surface area contributed by atoms with Crippen LogP contribution in [-0.2, 0) is 15.6 Å². The van der Waals surface area contributed by atoms with E-state index in [1.54, 1.807) is 36.7 Å². The van der Waals surface area contributed by atoms with Crippen LogP contribution in [0.2, 0.25) is 0 Å². The lowest BCUT2D eigenvalue weighted by Gasteiger charge is -2.35. The van der Waals surface area contributed by atoms with Gasteiger partial charge in [0, 0.05) is 42.0 Å². The highest BCUT2D eigenvalue weighted by Crippen LogP contribution is 2.40. The van der Waals surface area contributed by atoms with Crippen molar-refractivity contribution in [3.8, 4) is 28.3 Å². The zero-order valence-corrected chi connectivity index (χ0v) is 24.0. The summed E-state index contributed by atoms with van der Waals surface area (Å²) < 4.78 is 66.2. The minimum absolute atomic E-state index is 0.0168. The van der Waals surface area contributed by atoms with Crippen LogP contribution in [0, 0.1) is 5.82 Å². The molecule has 14 heteroatoms. The first-order valence-electron chi connectivity index (χ1n) is 13.5. The third-order valence-corrected chi connectivity index (χ3v) is 7.41. The number of anilines is 2. The Hall–Kier alpha value is -4.01. The smallest absolute Gasteiger partial charge is 0.219 e.